The summed E-state index contributed by atoms with van der Waals surface area (Å²) in [6.07, 6.45) is -0.695. The molecule has 0 amide bonds. The number of nitrogens with zero attached hydrogens (tertiary/aromatic N) is 2. The predicted molar refractivity (Wildman–Crippen MR) is 56.0 cm³/mol. The Morgan fingerprint density at radius 2 is 1.94 bits per heavy atom. The largest absolute Gasteiger partial charge is 0.392 e. The minimum Gasteiger partial charge on any atom is -0.392 e. The topological polar surface area (TPSA) is 47.3 Å². The van der Waals surface area contributed by atoms with Gasteiger partial charge < -0.3 is 10.0 Å². The number of halogens is 2. The maximum Gasteiger partial charge on any atom is 0.150 e. The number of rotatable bonds is 3. The minimum absolute atomic E-state index is 0.0656. The molecule has 0 aromatic heterocycles. The Kier molecular flexibility index (Phi) is 3.80. The van der Waals surface area contributed by atoms with E-state index in [4.69, 9.17) is 10.4 Å². The van der Waals surface area contributed by atoms with Crippen molar-refractivity contribution in [1.82, 2.24) is 0 Å². The molecule has 5 heteroatoms. The van der Waals surface area contributed by atoms with Gasteiger partial charge in [0.1, 0.15) is 5.69 Å². The van der Waals surface area contributed by atoms with Gasteiger partial charge in [0.25, 0.3) is 0 Å². The van der Waals surface area contributed by atoms with Crippen molar-refractivity contribution in [3.63, 3.8) is 0 Å². The fourth-order valence-corrected chi connectivity index (χ4v) is 1.48. The Balaban J connectivity index is 3.10. The van der Waals surface area contributed by atoms with Gasteiger partial charge in [0.2, 0.25) is 0 Å². The van der Waals surface area contributed by atoms with Crippen LogP contribution in [0.1, 0.15) is 12.5 Å². The van der Waals surface area contributed by atoms with E-state index in [2.05, 4.69) is 0 Å². The van der Waals surface area contributed by atoms with E-state index >= 15 is 0 Å². The molecule has 1 N–H and O–H groups in total. The van der Waals surface area contributed by atoms with Gasteiger partial charge in [0.05, 0.1) is 17.7 Å². The van der Waals surface area contributed by atoms with Gasteiger partial charge >= 0.3 is 0 Å². The molecule has 1 aromatic carbocycles. The van der Waals surface area contributed by atoms with Crippen LogP contribution in [0.15, 0.2) is 12.1 Å². The summed E-state index contributed by atoms with van der Waals surface area (Å²) in [5, 5.41) is 17.7. The first-order valence-corrected chi connectivity index (χ1v) is 4.74. The summed E-state index contributed by atoms with van der Waals surface area (Å²) in [6.45, 7) is 1.63. The predicted octanol–water partition coefficient (Wildman–Crippen LogP) is 1.65. The lowest BCUT2D eigenvalue weighted by molar-refractivity contribution is 0.201. The highest BCUT2D eigenvalue weighted by Crippen LogP contribution is 2.23. The second kappa shape index (κ2) is 4.90. The van der Waals surface area contributed by atoms with Crippen molar-refractivity contribution >= 4 is 5.69 Å². The van der Waals surface area contributed by atoms with E-state index in [1.54, 1.807) is 6.07 Å². The number of benzene rings is 1. The van der Waals surface area contributed by atoms with E-state index in [-0.39, 0.29) is 17.8 Å². The molecule has 1 rings (SSSR count). The molecule has 0 heterocycles. The molecule has 0 aliphatic heterocycles. The highest BCUT2D eigenvalue weighted by Gasteiger charge is 2.16. The van der Waals surface area contributed by atoms with Crippen molar-refractivity contribution in [2.45, 2.75) is 13.0 Å². The number of hydrogen-bond acceptors (Lipinski definition) is 3. The lowest BCUT2D eigenvalue weighted by atomic mass is 10.2. The van der Waals surface area contributed by atoms with E-state index in [1.165, 1.54) is 18.9 Å². The van der Waals surface area contributed by atoms with Gasteiger partial charge in [0.15, 0.2) is 11.6 Å². The zero-order valence-electron chi connectivity index (χ0n) is 9.04. The van der Waals surface area contributed by atoms with Crippen LogP contribution in [0.2, 0.25) is 0 Å². The standard InChI is InChI=1S/C11H12F2N2O/c1-7(16)6-15(2)11-9(12)3-8(5-14)4-10(11)13/h3-4,7,16H,6H2,1-2H3. The van der Waals surface area contributed by atoms with Crippen LogP contribution in [0, 0.1) is 23.0 Å². The Morgan fingerprint density at radius 1 is 1.44 bits per heavy atom. The van der Waals surface area contributed by atoms with Crippen molar-refractivity contribution < 1.29 is 13.9 Å². The first-order valence-electron chi connectivity index (χ1n) is 4.74. The third kappa shape index (κ3) is 2.67. The highest BCUT2D eigenvalue weighted by molar-refractivity contribution is 5.52. The quantitative estimate of drug-likeness (QED) is 0.852. The second-order valence-electron chi connectivity index (χ2n) is 3.63. The number of anilines is 1. The van der Waals surface area contributed by atoms with E-state index in [1.807, 2.05) is 0 Å². The average Bonchev–Trinajstić information content (AvgIpc) is 2.15. The van der Waals surface area contributed by atoms with Crippen LogP contribution >= 0.6 is 0 Å². The number of aliphatic hydroxyl groups is 1. The molecule has 0 aliphatic rings. The van der Waals surface area contributed by atoms with Crippen molar-refractivity contribution in [3.05, 3.63) is 29.3 Å². The van der Waals surface area contributed by atoms with E-state index in [9.17, 15) is 8.78 Å². The van der Waals surface area contributed by atoms with Gasteiger partial charge in [0, 0.05) is 13.6 Å². The molecule has 1 aromatic rings. The Bertz CT molecular complexity index is 403. The van der Waals surface area contributed by atoms with E-state index < -0.39 is 17.7 Å². The van der Waals surface area contributed by atoms with E-state index in [0.717, 1.165) is 12.1 Å². The molecule has 0 fully saturated rings. The van der Waals surface area contributed by atoms with Crippen molar-refractivity contribution in [1.29, 1.82) is 5.26 Å². The molecule has 0 saturated heterocycles. The summed E-state index contributed by atoms with van der Waals surface area (Å²) in [5.41, 5.74) is -0.302. The maximum atomic E-state index is 13.5. The highest BCUT2D eigenvalue weighted by atomic mass is 19.1. The monoisotopic (exact) mass is 226 g/mol. The van der Waals surface area contributed by atoms with Crippen LogP contribution < -0.4 is 4.90 Å². The van der Waals surface area contributed by atoms with Crippen LogP contribution in [0.25, 0.3) is 0 Å². The molecule has 1 unspecified atom stereocenters. The number of hydrogen-bond donors (Lipinski definition) is 1. The third-order valence-corrected chi connectivity index (χ3v) is 2.07. The lowest BCUT2D eigenvalue weighted by Crippen LogP contribution is -2.28. The van der Waals surface area contributed by atoms with Gasteiger partial charge in [-0.05, 0) is 19.1 Å². The zero-order chi connectivity index (χ0) is 12.3. The fraction of sp³-hybridized carbons (Fsp3) is 0.364. The van der Waals surface area contributed by atoms with E-state index in [0.29, 0.717) is 0 Å². The van der Waals surface area contributed by atoms with Crippen LogP contribution in [0.3, 0.4) is 0 Å². The van der Waals surface area contributed by atoms with Crippen LogP contribution in [0.4, 0.5) is 14.5 Å². The number of likely N-dealkylation sites (N-methyl/N-ethyl adjacent to an activating group) is 1. The molecule has 0 radical (unpaired) electrons. The Hall–Kier alpha value is -1.67. The summed E-state index contributed by atoms with van der Waals surface area (Å²) < 4.78 is 27.0. The van der Waals surface area contributed by atoms with Crippen LogP contribution in [0.5, 0.6) is 0 Å². The molecule has 0 aliphatic carbocycles. The number of aliphatic hydroxyl groups excluding tert-OH is 1. The Labute approximate surface area is 92.5 Å². The van der Waals surface area contributed by atoms with Crippen molar-refractivity contribution in [3.8, 4) is 6.07 Å². The lowest BCUT2D eigenvalue weighted by Gasteiger charge is -2.21. The van der Waals surface area contributed by atoms with Gasteiger partial charge in [-0.1, -0.05) is 0 Å². The van der Waals surface area contributed by atoms with Gasteiger partial charge in [-0.2, -0.15) is 5.26 Å². The molecule has 0 spiro atoms. The van der Waals surface area contributed by atoms with Gasteiger partial charge in [-0.3, -0.25) is 0 Å². The molecular weight excluding hydrogens is 214 g/mol. The minimum atomic E-state index is -0.806. The summed E-state index contributed by atoms with van der Waals surface area (Å²) in [6, 6.07) is 3.61. The number of nitriles is 1. The van der Waals surface area contributed by atoms with Crippen molar-refractivity contribution in [2.75, 3.05) is 18.5 Å². The maximum absolute atomic E-state index is 13.5. The molecule has 86 valence electrons. The molecular formula is C11H12F2N2O. The average molecular weight is 226 g/mol. The van der Waals surface area contributed by atoms with Crippen LogP contribution in [-0.2, 0) is 0 Å². The summed E-state index contributed by atoms with van der Waals surface area (Å²) in [5.74, 6) is -1.61. The van der Waals surface area contributed by atoms with Crippen molar-refractivity contribution in [2.24, 2.45) is 0 Å². The summed E-state index contributed by atoms with van der Waals surface area (Å²) in [4.78, 5) is 1.27. The zero-order valence-corrected chi connectivity index (χ0v) is 9.04. The van der Waals surface area contributed by atoms with Crippen LogP contribution in [-0.4, -0.2) is 24.8 Å². The van der Waals surface area contributed by atoms with Gasteiger partial charge in [-0.25, -0.2) is 8.78 Å². The smallest absolute Gasteiger partial charge is 0.150 e. The first kappa shape index (κ1) is 12.4. The molecule has 0 bridgehead atoms. The Morgan fingerprint density at radius 3 is 2.31 bits per heavy atom. The fourth-order valence-electron chi connectivity index (χ4n) is 1.48. The molecule has 0 saturated carbocycles. The molecule has 3 nitrogen and oxygen atoms in total. The summed E-state index contributed by atoms with van der Waals surface area (Å²) in [7, 11) is 1.47. The third-order valence-electron chi connectivity index (χ3n) is 2.07. The van der Waals surface area contributed by atoms with Gasteiger partial charge in [-0.15, -0.1) is 0 Å². The normalized spacial score (nSPS) is 12.0. The first-order chi connectivity index (χ1) is 7.45. The summed E-state index contributed by atoms with van der Waals surface area (Å²) >= 11 is 0. The SMILES string of the molecule is CC(O)CN(C)c1c(F)cc(C#N)cc1F. The second-order valence-corrected chi connectivity index (χ2v) is 3.63. The molecule has 16 heavy (non-hydrogen) atoms. The molecule has 1 atom stereocenters.